The van der Waals surface area contributed by atoms with Crippen LogP contribution in [0.1, 0.15) is 11.6 Å². The average molecular weight is 477 g/mol. The van der Waals surface area contributed by atoms with E-state index in [4.69, 9.17) is 10.5 Å². The number of carbonyl (C=O) groups is 2. The van der Waals surface area contributed by atoms with Gasteiger partial charge in [-0.15, -0.1) is 0 Å². The quantitative estimate of drug-likeness (QED) is 0.437. The molecular weight excluding hydrogens is 454 g/mol. The summed E-state index contributed by atoms with van der Waals surface area (Å²) in [6.45, 7) is 0.442. The number of methoxy groups -OCH3 is 1. The number of imide groups is 1. The molecule has 3 amide bonds. The smallest absolute Gasteiger partial charge is 0.318 e. The number of hydrogen-bond donors (Lipinski definition) is 2. The molecule has 0 saturated carbocycles. The fourth-order valence-electron chi connectivity index (χ4n) is 3.68. The number of nitrogens with zero attached hydrogens (tertiary/aromatic N) is 3. The van der Waals surface area contributed by atoms with E-state index in [0.717, 1.165) is 6.07 Å². The van der Waals surface area contributed by atoms with Crippen LogP contribution in [0.2, 0.25) is 0 Å². The number of sulfonamides is 1. The normalized spacial score (nSPS) is 16.0. The Hall–Kier alpha value is -3.55. The number of amides is 3. The summed E-state index contributed by atoms with van der Waals surface area (Å²) < 4.78 is 32.3. The van der Waals surface area contributed by atoms with E-state index in [1.54, 1.807) is 35.2 Å². The molecule has 1 aliphatic rings. The minimum Gasteiger partial charge on any atom is -0.490 e. The number of hydrogen-bond acceptors (Lipinski definition) is 8. The number of ether oxygens (including phenoxy) is 1. The number of nitrogens with two attached hydrogens (primary N) is 1. The van der Waals surface area contributed by atoms with Crippen molar-refractivity contribution < 1.29 is 27.7 Å². The van der Waals surface area contributed by atoms with Crippen LogP contribution in [0.15, 0.2) is 53.4 Å². The summed E-state index contributed by atoms with van der Waals surface area (Å²) in [5.41, 5.74) is 5.27. The van der Waals surface area contributed by atoms with Crippen molar-refractivity contribution in [1.82, 2.24) is 14.5 Å². The number of nitro groups is 1. The van der Waals surface area contributed by atoms with E-state index in [9.17, 15) is 28.1 Å². The lowest BCUT2D eigenvalue weighted by molar-refractivity contribution is -0.386. The summed E-state index contributed by atoms with van der Waals surface area (Å²) in [5.74, 6) is -0.661. The summed E-state index contributed by atoms with van der Waals surface area (Å²) in [6, 6.07) is 10.4. The summed E-state index contributed by atoms with van der Waals surface area (Å²) in [5, 5.41) is 13.4. The molecule has 176 valence electrons. The van der Waals surface area contributed by atoms with Gasteiger partial charge < -0.3 is 10.5 Å². The predicted octanol–water partition coefficient (Wildman–Crippen LogP) is 0.846. The molecular formula is C20H23N5O7S. The molecule has 1 saturated heterocycles. The zero-order valence-corrected chi connectivity index (χ0v) is 18.5. The third-order valence-corrected chi connectivity index (χ3v) is 7.13. The lowest BCUT2D eigenvalue weighted by Gasteiger charge is -2.38. The maximum absolute atomic E-state index is 13.1. The van der Waals surface area contributed by atoms with Crippen molar-refractivity contribution in [3.8, 4) is 5.75 Å². The van der Waals surface area contributed by atoms with Crippen LogP contribution in [0.5, 0.6) is 5.75 Å². The first kappa shape index (κ1) is 24.1. The van der Waals surface area contributed by atoms with Crippen molar-refractivity contribution in [3.05, 3.63) is 64.2 Å². The molecule has 1 aliphatic heterocycles. The maximum Gasteiger partial charge on any atom is 0.318 e. The number of rotatable bonds is 7. The van der Waals surface area contributed by atoms with E-state index in [1.165, 1.54) is 23.5 Å². The Morgan fingerprint density at radius 2 is 1.76 bits per heavy atom. The molecule has 0 aromatic heterocycles. The predicted molar refractivity (Wildman–Crippen MR) is 117 cm³/mol. The standard InChI is InChI=1S/C20H23N5O7S/c1-32-17-8-7-15(13-16(17)25(28)29)33(30,31)24-11-9-23(10-12-24)18(19(26)22-20(21)27)14-5-3-2-4-6-14/h2-8,13,18H,9-12H2,1H3,(H3,21,22,26,27). The fourth-order valence-corrected chi connectivity index (χ4v) is 5.12. The van der Waals surface area contributed by atoms with Crippen molar-refractivity contribution >= 4 is 27.6 Å². The molecule has 0 radical (unpaired) electrons. The molecule has 3 N–H and O–H groups in total. The number of carbonyl (C=O) groups excluding carboxylic acids is 2. The topological polar surface area (TPSA) is 165 Å². The Bertz CT molecular complexity index is 1150. The van der Waals surface area contributed by atoms with Gasteiger partial charge >= 0.3 is 11.7 Å². The van der Waals surface area contributed by atoms with E-state index in [2.05, 4.69) is 5.32 Å². The van der Waals surface area contributed by atoms with Crippen molar-refractivity contribution in [3.63, 3.8) is 0 Å². The number of nitro benzene ring substituents is 1. The van der Waals surface area contributed by atoms with E-state index < -0.39 is 38.6 Å². The molecule has 2 aromatic rings. The van der Waals surface area contributed by atoms with Crippen LogP contribution < -0.4 is 15.8 Å². The average Bonchev–Trinajstić information content (AvgIpc) is 2.79. The monoisotopic (exact) mass is 477 g/mol. The second-order valence-electron chi connectivity index (χ2n) is 7.20. The van der Waals surface area contributed by atoms with Gasteiger partial charge in [0.1, 0.15) is 6.04 Å². The first-order chi connectivity index (χ1) is 15.6. The maximum atomic E-state index is 13.1. The number of primary amides is 1. The van der Waals surface area contributed by atoms with Gasteiger partial charge in [-0.2, -0.15) is 4.31 Å². The third-order valence-electron chi connectivity index (χ3n) is 5.23. The van der Waals surface area contributed by atoms with E-state index in [0.29, 0.717) is 5.56 Å². The number of urea groups is 1. The van der Waals surface area contributed by atoms with Crippen LogP contribution in [-0.4, -0.2) is 67.8 Å². The Balaban J connectivity index is 1.81. The highest BCUT2D eigenvalue weighted by Crippen LogP contribution is 2.31. The molecule has 12 nitrogen and oxygen atoms in total. The SMILES string of the molecule is COc1ccc(S(=O)(=O)N2CCN(C(C(=O)NC(N)=O)c3ccccc3)CC2)cc1[N+](=O)[O-]. The molecule has 0 aliphatic carbocycles. The number of nitrogens with one attached hydrogen (secondary N) is 1. The van der Waals surface area contributed by atoms with Crippen LogP contribution in [0.3, 0.4) is 0 Å². The Kier molecular flexibility index (Phi) is 7.26. The van der Waals surface area contributed by atoms with Gasteiger partial charge in [0.2, 0.25) is 15.9 Å². The van der Waals surface area contributed by atoms with Gasteiger partial charge in [-0.25, -0.2) is 13.2 Å². The van der Waals surface area contributed by atoms with E-state index in [-0.39, 0.29) is 36.8 Å². The Labute approximate surface area is 190 Å². The van der Waals surface area contributed by atoms with Crippen molar-refractivity contribution in [2.45, 2.75) is 10.9 Å². The van der Waals surface area contributed by atoms with Crippen LogP contribution in [-0.2, 0) is 14.8 Å². The minimum absolute atomic E-state index is 0.0370. The summed E-state index contributed by atoms with van der Waals surface area (Å²) in [6.07, 6.45) is 0. The number of benzene rings is 2. The zero-order chi connectivity index (χ0) is 24.2. The van der Waals surface area contributed by atoms with E-state index in [1.807, 2.05) is 0 Å². The highest BCUT2D eigenvalue weighted by atomic mass is 32.2. The van der Waals surface area contributed by atoms with E-state index >= 15 is 0 Å². The molecule has 13 heteroatoms. The summed E-state index contributed by atoms with van der Waals surface area (Å²) >= 11 is 0. The second kappa shape index (κ2) is 9.94. The molecule has 2 aromatic carbocycles. The van der Waals surface area contributed by atoms with Crippen LogP contribution in [0.25, 0.3) is 0 Å². The first-order valence-electron chi connectivity index (χ1n) is 9.87. The molecule has 1 heterocycles. The zero-order valence-electron chi connectivity index (χ0n) is 17.7. The fraction of sp³-hybridized carbons (Fsp3) is 0.300. The lowest BCUT2D eigenvalue weighted by atomic mass is 10.0. The lowest BCUT2D eigenvalue weighted by Crippen LogP contribution is -2.53. The van der Waals surface area contributed by atoms with Crippen LogP contribution in [0.4, 0.5) is 10.5 Å². The molecule has 0 bridgehead atoms. The highest BCUT2D eigenvalue weighted by molar-refractivity contribution is 7.89. The number of piperazine rings is 1. The van der Waals surface area contributed by atoms with Crippen molar-refractivity contribution in [2.75, 3.05) is 33.3 Å². The van der Waals surface area contributed by atoms with Gasteiger partial charge in [0, 0.05) is 32.2 Å². The van der Waals surface area contributed by atoms with Gasteiger partial charge in [-0.05, 0) is 17.7 Å². The van der Waals surface area contributed by atoms with Gasteiger partial charge in [-0.3, -0.25) is 25.1 Å². The Morgan fingerprint density at radius 3 is 2.30 bits per heavy atom. The Morgan fingerprint density at radius 1 is 1.12 bits per heavy atom. The minimum atomic E-state index is -4.02. The molecule has 33 heavy (non-hydrogen) atoms. The molecule has 1 atom stereocenters. The van der Waals surface area contributed by atoms with Crippen molar-refractivity contribution in [1.29, 1.82) is 0 Å². The van der Waals surface area contributed by atoms with Crippen LogP contribution >= 0.6 is 0 Å². The van der Waals surface area contributed by atoms with Gasteiger partial charge in [0.15, 0.2) is 5.75 Å². The third kappa shape index (κ3) is 5.27. The largest absolute Gasteiger partial charge is 0.490 e. The molecule has 1 unspecified atom stereocenters. The van der Waals surface area contributed by atoms with Gasteiger partial charge in [0.25, 0.3) is 0 Å². The molecule has 3 rings (SSSR count). The summed E-state index contributed by atoms with van der Waals surface area (Å²) in [7, 11) is -2.77. The summed E-state index contributed by atoms with van der Waals surface area (Å²) in [4.78, 5) is 35.9. The van der Waals surface area contributed by atoms with Crippen molar-refractivity contribution in [2.24, 2.45) is 5.73 Å². The van der Waals surface area contributed by atoms with Crippen LogP contribution in [0, 0.1) is 10.1 Å². The molecule has 0 spiro atoms. The van der Waals surface area contributed by atoms with Gasteiger partial charge in [0.05, 0.1) is 16.9 Å². The highest BCUT2D eigenvalue weighted by Gasteiger charge is 2.35. The second-order valence-corrected chi connectivity index (χ2v) is 9.14. The molecule has 1 fully saturated rings. The first-order valence-corrected chi connectivity index (χ1v) is 11.3. The van der Waals surface area contributed by atoms with Gasteiger partial charge in [-0.1, -0.05) is 30.3 Å².